The van der Waals surface area contributed by atoms with E-state index in [1.165, 1.54) is 0 Å². The van der Waals surface area contributed by atoms with Crippen LogP contribution >= 0.6 is 0 Å². The average molecular weight is 234 g/mol. The molecule has 1 fully saturated rings. The van der Waals surface area contributed by atoms with Crippen molar-refractivity contribution in [3.63, 3.8) is 0 Å². The third-order valence-corrected chi connectivity index (χ3v) is 2.92. The van der Waals surface area contributed by atoms with Gasteiger partial charge in [0.1, 0.15) is 5.82 Å². The van der Waals surface area contributed by atoms with Gasteiger partial charge in [-0.25, -0.2) is 4.98 Å². The Bertz CT molecular complexity index is 379. The van der Waals surface area contributed by atoms with Crippen LogP contribution < -0.4 is 16.0 Å². The van der Waals surface area contributed by atoms with E-state index >= 15 is 0 Å². The van der Waals surface area contributed by atoms with Crippen molar-refractivity contribution >= 4 is 11.7 Å². The lowest BCUT2D eigenvalue weighted by Crippen LogP contribution is -2.44. The van der Waals surface area contributed by atoms with E-state index < -0.39 is 6.04 Å². The summed E-state index contributed by atoms with van der Waals surface area (Å²) in [5.41, 5.74) is 5.52. The minimum atomic E-state index is -0.445. The van der Waals surface area contributed by atoms with Gasteiger partial charge in [0.15, 0.2) is 0 Å². The van der Waals surface area contributed by atoms with Crippen molar-refractivity contribution in [3.05, 3.63) is 24.4 Å². The van der Waals surface area contributed by atoms with E-state index in [4.69, 9.17) is 5.73 Å². The van der Waals surface area contributed by atoms with E-state index in [-0.39, 0.29) is 11.9 Å². The van der Waals surface area contributed by atoms with Crippen LogP contribution in [-0.2, 0) is 4.79 Å². The lowest BCUT2D eigenvalue weighted by molar-refractivity contribution is -0.122. The second-order valence-corrected chi connectivity index (χ2v) is 4.42. The van der Waals surface area contributed by atoms with Crippen molar-refractivity contribution < 1.29 is 4.79 Å². The zero-order chi connectivity index (χ0) is 12.3. The van der Waals surface area contributed by atoms with Crippen LogP contribution in [0.2, 0.25) is 0 Å². The molecule has 0 radical (unpaired) electrons. The van der Waals surface area contributed by atoms with Gasteiger partial charge in [-0.2, -0.15) is 0 Å². The number of carbonyl (C=O) groups excluding carboxylic acids is 1. The lowest BCUT2D eigenvalue weighted by atomic mass is 10.2. The summed E-state index contributed by atoms with van der Waals surface area (Å²) in [6, 6.07) is 5.58. The molecule has 92 valence electrons. The molecule has 1 aromatic rings. The number of pyridine rings is 1. The molecule has 1 saturated heterocycles. The first-order valence-electron chi connectivity index (χ1n) is 5.89. The minimum Gasteiger partial charge on any atom is -0.354 e. The maximum atomic E-state index is 11.5. The number of rotatable bonds is 3. The molecule has 2 atom stereocenters. The fourth-order valence-corrected chi connectivity index (χ4v) is 1.96. The summed E-state index contributed by atoms with van der Waals surface area (Å²) < 4.78 is 0. The molecule has 5 nitrogen and oxygen atoms in total. The summed E-state index contributed by atoms with van der Waals surface area (Å²) in [6.45, 7) is 3.41. The molecular weight excluding hydrogens is 216 g/mol. The highest BCUT2D eigenvalue weighted by Gasteiger charge is 2.25. The number of nitrogens with zero attached hydrogens (tertiary/aromatic N) is 2. The van der Waals surface area contributed by atoms with E-state index in [0.29, 0.717) is 0 Å². The van der Waals surface area contributed by atoms with Gasteiger partial charge in [0, 0.05) is 25.3 Å². The topological polar surface area (TPSA) is 71.2 Å². The quantitative estimate of drug-likeness (QED) is 0.779. The number of carbonyl (C=O) groups is 1. The van der Waals surface area contributed by atoms with Gasteiger partial charge < -0.3 is 16.0 Å². The van der Waals surface area contributed by atoms with Crippen LogP contribution in [0.4, 0.5) is 5.82 Å². The van der Waals surface area contributed by atoms with Gasteiger partial charge >= 0.3 is 0 Å². The molecule has 0 aliphatic carbocycles. The van der Waals surface area contributed by atoms with Gasteiger partial charge in [-0.15, -0.1) is 0 Å². The Morgan fingerprint density at radius 2 is 2.47 bits per heavy atom. The molecule has 17 heavy (non-hydrogen) atoms. The predicted molar refractivity (Wildman–Crippen MR) is 66.6 cm³/mol. The number of hydrogen-bond donors (Lipinski definition) is 2. The third-order valence-electron chi connectivity index (χ3n) is 2.92. The molecule has 0 spiro atoms. The first kappa shape index (κ1) is 11.9. The smallest absolute Gasteiger partial charge is 0.236 e. The lowest BCUT2D eigenvalue weighted by Gasteiger charge is -2.18. The molecule has 2 rings (SSSR count). The van der Waals surface area contributed by atoms with Gasteiger partial charge in [0.05, 0.1) is 6.04 Å². The predicted octanol–water partition coefficient (Wildman–Crippen LogP) is 0.124. The van der Waals surface area contributed by atoms with E-state index in [2.05, 4.69) is 15.2 Å². The van der Waals surface area contributed by atoms with Gasteiger partial charge in [0.25, 0.3) is 0 Å². The highest BCUT2D eigenvalue weighted by Crippen LogP contribution is 2.17. The Kier molecular flexibility index (Phi) is 3.58. The zero-order valence-corrected chi connectivity index (χ0v) is 9.97. The van der Waals surface area contributed by atoms with E-state index in [1.54, 1.807) is 13.1 Å². The maximum Gasteiger partial charge on any atom is 0.236 e. The zero-order valence-electron chi connectivity index (χ0n) is 9.97. The molecule has 0 aromatic carbocycles. The maximum absolute atomic E-state index is 11.5. The van der Waals surface area contributed by atoms with Crippen LogP contribution in [0.25, 0.3) is 0 Å². The second-order valence-electron chi connectivity index (χ2n) is 4.42. The Labute approximate surface area is 101 Å². The summed E-state index contributed by atoms with van der Waals surface area (Å²) in [7, 11) is 0. The Balaban J connectivity index is 1.90. The Hall–Kier alpha value is -1.62. The van der Waals surface area contributed by atoms with Gasteiger partial charge in [-0.05, 0) is 25.5 Å². The molecule has 2 heterocycles. The Morgan fingerprint density at radius 3 is 3.12 bits per heavy atom. The first-order chi connectivity index (χ1) is 8.16. The number of anilines is 1. The molecule has 1 amide bonds. The van der Waals surface area contributed by atoms with Crippen molar-refractivity contribution in [1.29, 1.82) is 0 Å². The molecule has 0 saturated carbocycles. The fraction of sp³-hybridized carbons (Fsp3) is 0.500. The molecule has 2 unspecified atom stereocenters. The van der Waals surface area contributed by atoms with Crippen molar-refractivity contribution in [3.8, 4) is 0 Å². The Morgan fingerprint density at radius 1 is 1.65 bits per heavy atom. The third kappa shape index (κ3) is 2.94. The van der Waals surface area contributed by atoms with Crippen LogP contribution in [0, 0.1) is 0 Å². The van der Waals surface area contributed by atoms with Gasteiger partial charge in [0.2, 0.25) is 5.91 Å². The molecular formula is C12H18N4O. The molecule has 1 aromatic heterocycles. The monoisotopic (exact) mass is 234 g/mol. The number of hydrogen-bond acceptors (Lipinski definition) is 4. The van der Waals surface area contributed by atoms with Crippen molar-refractivity contribution in [2.45, 2.75) is 25.4 Å². The second kappa shape index (κ2) is 5.14. The number of nitrogens with one attached hydrogen (secondary N) is 1. The molecule has 1 aliphatic rings. The number of nitrogens with two attached hydrogens (primary N) is 1. The highest BCUT2D eigenvalue weighted by molar-refractivity contribution is 5.81. The average Bonchev–Trinajstić information content (AvgIpc) is 2.78. The van der Waals surface area contributed by atoms with Crippen LogP contribution in [-0.4, -0.2) is 36.1 Å². The normalized spacial score (nSPS) is 21.3. The van der Waals surface area contributed by atoms with Crippen LogP contribution in [0.5, 0.6) is 0 Å². The van der Waals surface area contributed by atoms with Crippen LogP contribution in [0.3, 0.4) is 0 Å². The van der Waals surface area contributed by atoms with E-state index in [1.807, 2.05) is 18.2 Å². The summed E-state index contributed by atoms with van der Waals surface area (Å²) in [4.78, 5) is 17.9. The number of amides is 1. The number of aromatic nitrogens is 1. The van der Waals surface area contributed by atoms with Crippen molar-refractivity contribution in [2.24, 2.45) is 5.73 Å². The van der Waals surface area contributed by atoms with Crippen molar-refractivity contribution in [1.82, 2.24) is 10.3 Å². The summed E-state index contributed by atoms with van der Waals surface area (Å²) in [5.74, 6) is 0.878. The highest BCUT2D eigenvalue weighted by atomic mass is 16.2. The van der Waals surface area contributed by atoms with Crippen molar-refractivity contribution in [2.75, 3.05) is 18.0 Å². The first-order valence-corrected chi connectivity index (χ1v) is 5.89. The van der Waals surface area contributed by atoms with E-state index in [0.717, 1.165) is 25.3 Å². The molecule has 3 N–H and O–H groups in total. The largest absolute Gasteiger partial charge is 0.354 e. The summed E-state index contributed by atoms with van der Waals surface area (Å²) in [5, 5.41) is 2.94. The minimum absolute atomic E-state index is 0.0853. The standard InChI is InChI=1S/C12H18N4O/c1-9(13)12(17)15-10-5-7-16(8-10)11-4-2-3-6-14-11/h2-4,6,9-10H,5,7-8,13H2,1H3,(H,15,17). The molecule has 0 bridgehead atoms. The van der Waals surface area contributed by atoms with Gasteiger partial charge in [-0.3, -0.25) is 4.79 Å². The summed E-state index contributed by atoms with van der Waals surface area (Å²) in [6.07, 6.45) is 2.72. The molecule has 1 aliphatic heterocycles. The van der Waals surface area contributed by atoms with Gasteiger partial charge in [-0.1, -0.05) is 6.07 Å². The molecule has 5 heteroatoms. The van der Waals surface area contributed by atoms with Crippen LogP contribution in [0.15, 0.2) is 24.4 Å². The van der Waals surface area contributed by atoms with E-state index in [9.17, 15) is 4.79 Å². The summed E-state index contributed by atoms with van der Waals surface area (Å²) >= 11 is 0. The fourth-order valence-electron chi connectivity index (χ4n) is 1.96. The SMILES string of the molecule is CC(N)C(=O)NC1CCN(c2ccccn2)C1. The van der Waals surface area contributed by atoms with Crippen LogP contribution in [0.1, 0.15) is 13.3 Å².